The zero-order valence-corrected chi connectivity index (χ0v) is 18.0. The molecule has 1 aromatic carbocycles. The van der Waals surface area contributed by atoms with Crippen LogP contribution in [0.4, 0.5) is 10.5 Å². The monoisotopic (exact) mass is 427 g/mol. The summed E-state index contributed by atoms with van der Waals surface area (Å²) in [6, 6.07) is 9.34. The van der Waals surface area contributed by atoms with E-state index in [0.29, 0.717) is 30.6 Å². The fourth-order valence-electron chi connectivity index (χ4n) is 3.96. The van der Waals surface area contributed by atoms with Crippen LogP contribution in [0.15, 0.2) is 36.5 Å². The van der Waals surface area contributed by atoms with Crippen molar-refractivity contribution in [3.63, 3.8) is 0 Å². The fourth-order valence-corrected chi connectivity index (χ4v) is 4.13. The van der Waals surface area contributed by atoms with Gasteiger partial charge in [-0.1, -0.05) is 17.7 Å². The summed E-state index contributed by atoms with van der Waals surface area (Å²) in [6.45, 7) is 4.65. The molecule has 1 fully saturated rings. The first kappa shape index (κ1) is 20.6. The molecular formula is C22H26ClN5O2. The van der Waals surface area contributed by atoms with E-state index in [1.165, 1.54) is 0 Å². The van der Waals surface area contributed by atoms with Gasteiger partial charge in [0, 0.05) is 50.1 Å². The highest BCUT2D eigenvalue weighted by Crippen LogP contribution is 2.26. The average Bonchev–Trinajstić information content (AvgIpc) is 3.34. The molecule has 7 nitrogen and oxygen atoms in total. The molecule has 0 spiro atoms. The predicted molar refractivity (Wildman–Crippen MR) is 118 cm³/mol. The normalized spacial score (nSPS) is 16.4. The Morgan fingerprint density at radius 2 is 2.20 bits per heavy atom. The third-order valence-corrected chi connectivity index (χ3v) is 6.06. The Kier molecular flexibility index (Phi) is 6.20. The lowest BCUT2D eigenvalue weighted by molar-refractivity contribution is 0.187. The largest absolute Gasteiger partial charge is 0.383 e. The van der Waals surface area contributed by atoms with E-state index in [4.69, 9.17) is 21.3 Å². The van der Waals surface area contributed by atoms with E-state index < -0.39 is 0 Å². The van der Waals surface area contributed by atoms with E-state index in [2.05, 4.69) is 14.9 Å². The number of rotatable bonds is 6. The number of halogens is 1. The Labute approximate surface area is 181 Å². The Hall–Kier alpha value is -2.64. The highest BCUT2D eigenvalue weighted by Gasteiger charge is 2.28. The molecule has 0 bridgehead atoms. The maximum atomic E-state index is 12.7. The van der Waals surface area contributed by atoms with Gasteiger partial charge in [-0.25, -0.2) is 14.8 Å². The van der Waals surface area contributed by atoms with Crippen LogP contribution in [0.5, 0.6) is 0 Å². The number of hydrogen-bond acceptors (Lipinski definition) is 4. The van der Waals surface area contributed by atoms with E-state index in [1.807, 2.05) is 42.2 Å². The first-order chi connectivity index (χ1) is 14.6. The number of urea groups is 1. The number of anilines is 1. The standard InChI is InChI=1S/C22H26ClN5O2/c1-15-17(23)5-3-6-18(15)26-22(29)27-10-8-16(14-27)13-20-25-19-7-4-9-24-21(19)28(20)11-12-30-2/h3-7,9,16H,8,10-14H2,1-2H3,(H,26,29). The molecular weight excluding hydrogens is 402 g/mol. The summed E-state index contributed by atoms with van der Waals surface area (Å²) in [5.74, 6) is 1.35. The maximum absolute atomic E-state index is 12.7. The second kappa shape index (κ2) is 9.02. The lowest BCUT2D eigenvalue weighted by Crippen LogP contribution is -2.33. The molecule has 3 heterocycles. The Morgan fingerprint density at radius 3 is 3.03 bits per heavy atom. The van der Waals surface area contributed by atoms with Gasteiger partial charge >= 0.3 is 6.03 Å². The number of likely N-dealkylation sites (tertiary alicyclic amines) is 1. The van der Waals surface area contributed by atoms with E-state index in [1.54, 1.807) is 13.3 Å². The third kappa shape index (κ3) is 4.27. The van der Waals surface area contributed by atoms with Crippen LogP contribution in [0.1, 0.15) is 17.8 Å². The number of amides is 2. The quantitative estimate of drug-likeness (QED) is 0.641. The summed E-state index contributed by atoms with van der Waals surface area (Å²) in [5.41, 5.74) is 3.41. The minimum absolute atomic E-state index is 0.0857. The van der Waals surface area contributed by atoms with Gasteiger partial charge in [0.25, 0.3) is 0 Å². The number of imidazole rings is 1. The van der Waals surface area contributed by atoms with Gasteiger partial charge in [0.2, 0.25) is 0 Å². The molecule has 1 aliphatic heterocycles. The summed E-state index contributed by atoms with van der Waals surface area (Å²) >= 11 is 6.17. The molecule has 1 saturated heterocycles. The lowest BCUT2D eigenvalue weighted by atomic mass is 10.0. The summed E-state index contributed by atoms with van der Waals surface area (Å²) in [7, 11) is 1.70. The SMILES string of the molecule is COCCn1c(CC2CCN(C(=O)Nc3cccc(Cl)c3C)C2)nc2cccnc21. The molecule has 30 heavy (non-hydrogen) atoms. The Morgan fingerprint density at radius 1 is 1.33 bits per heavy atom. The number of fused-ring (bicyclic) bond motifs is 1. The molecule has 2 amide bonds. The molecule has 1 N–H and O–H groups in total. The van der Waals surface area contributed by atoms with Gasteiger partial charge in [-0.15, -0.1) is 0 Å². The summed E-state index contributed by atoms with van der Waals surface area (Å²) in [6.07, 6.45) is 3.54. The number of carbonyl (C=O) groups is 1. The van der Waals surface area contributed by atoms with E-state index in [0.717, 1.165) is 47.6 Å². The number of nitrogens with one attached hydrogen (secondary N) is 1. The minimum atomic E-state index is -0.0857. The maximum Gasteiger partial charge on any atom is 0.321 e. The molecule has 0 aliphatic carbocycles. The van der Waals surface area contributed by atoms with Crippen molar-refractivity contribution in [1.82, 2.24) is 19.4 Å². The fraction of sp³-hybridized carbons (Fsp3) is 0.409. The number of aromatic nitrogens is 3. The summed E-state index contributed by atoms with van der Waals surface area (Å²) < 4.78 is 7.40. The van der Waals surface area contributed by atoms with Crippen molar-refractivity contribution in [3.8, 4) is 0 Å². The topological polar surface area (TPSA) is 72.3 Å². The zero-order chi connectivity index (χ0) is 21.1. The van der Waals surface area contributed by atoms with Crippen molar-refractivity contribution in [2.75, 3.05) is 32.1 Å². The molecule has 1 unspecified atom stereocenters. The number of pyridine rings is 1. The van der Waals surface area contributed by atoms with Gasteiger partial charge in [0.15, 0.2) is 5.65 Å². The number of carbonyl (C=O) groups excluding carboxylic acids is 1. The number of benzene rings is 1. The molecule has 158 valence electrons. The molecule has 3 aromatic rings. The van der Waals surface area contributed by atoms with Gasteiger partial charge in [-0.05, 0) is 49.1 Å². The highest BCUT2D eigenvalue weighted by molar-refractivity contribution is 6.31. The van der Waals surface area contributed by atoms with Crippen molar-refractivity contribution in [3.05, 3.63) is 52.9 Å². The van der Waals surface area contributed by atoms with Crippen LogP contribution in [0.2, 0.25) is 5.02 Å². The van der Waals surface area contributed by atoms with Crippen molar-refractivity contribution < 1.29 is 9.53 Å². The molecule has 0 radical (unpaired) electrons. The summed E-state index contributed by atoms with van der Waals surface area (Å²) in [5, 5.41) is 3.64. The van der Waals surface area contributed by atoms with Gasteiger partial charge in [0.05, 0.1) is 6.61 Å². The van der Waals surface area contributed by atoms with Gasteiger partial charge in [-0.3, -0.25) is 0 Å². The Balaban J connectivity index is 1.44. The Bertz CT molecular complexity index is 1050. The van der Waals surface area contributed by atoms with Crippen LogP contribution in [-0.2, 0) is 17.7 Å². The van der Waals surface area contributed by atoms with Crippen molar-refractivity contribution in [2.45, 2.75) is 26.3 Å². The third-order valence-electron chi connectivity index (χ3n) is 5.66. The van der Waals surface area contributed by atoms with E-state index >= 15 is 0 Å². The summed E-state index contributed by atoms with van der Waals surface area (Å²) in [4.78, 5) is 23.9. The van der Waals surface area contributed by atoms with Gasteiger partial charge in [-0.2, -0.15) is 0 Å². The molecule has 1 atom stereocenters. The molecule has 8 heteroatoms. The molecule has 4 rings (SSSR count). The average molecular weight is 428 g/mol. The molecule has 2 aromatic heterocycles. The second-order valence-electron chi connectivity index (χ2n) is 7.67. The van der Waals surface area contributed by atoms with Crippen LogP contribution >= 0.6 is 11.6 Å². The van der Waals surface area contributed by atoms with Crippen LogP contribution in [-0.4, -0.2) is 52.3 Å². The smallest absolute Gasteiger partial charge is 0.321 e. The minimum Gasteiger partial charge on any atom is -0.383 e. The zero-order valence-electron chi connectivity index (χ0n) is 17.3. The van der Waals surface area contributed by atoms with E-state index in [9.17, 15) is 4.79 Å². The number of methoxy groups -OCH3 is 1. The first-order valence-electron chi connectivity index (χ1n) is 10.2. The van der Waals surface area contributed by atoms with E-state index in [-0.39, 0.29) is 6.03 Å². The number of nitrogens with zero attached hydrogens (tertiary/aromatic N) is 4. The van der Waals surface area contributed by atoms with Crippen LogP contribution < -0.4 is 5.32 Å². The van der Waals surface area contributed by atoms with Crippen molar-refractivity contribution in [2.24, 2.45) is 5.92 Å². The first-order valence-corrected chi connectivity index (χ1v) is 10.5. The van der Waals surface area contributed by atoms with Crippen LogP contribution in [0, 0.1) is 12.8 Å². The highest BCUT2D eigenvalue weighted by atomic mass is 35.5. The predicted octanol–water partition coefficient (Wildman–Crippen LogP) is 4.14. The number of ether oxygens (including phenoxy) is 1. The number of hydrogen-bond donors (Lipinski definition) is 1. The van der Waals surface area contributed by atoms with Crippen molar-refractivity contribution >= 4 is 34.5 Å². The molecule has 1 aliphatic rings. The van der Waals surface area contributed by atoms with Gasteiger partial charge in [0.1, 0.15) is 11.3 Å². The lowest BCUT2D eigenvalue weighted by Gasteiger charge is -2.19. The van der Waals surface area contributed by atoms with Crippen molar-refractivity contribution in [1.29, 1.82) is 0 Å². The van der Waals surface area contributed by atoms with Crippen LogP contribution in [0.3, 0.4) is 0 Å². The molecule has 0 saturated carbocycles. The second-order valence-corrected chi connectivity index (χ2v) is 8.07. The van der Waals surface area contributed by atoms with Crippen LogP contribution in [0.25, 0.3) is 11.2 Å². The van der Waals surface area contributed by atoms with Gasteiger partial charge < -0.3 is 19.5 Å².